The third kappa shape index (κ3) is 5.67. The normalized spacial score (nSPS) is 10.4. The van der Waals surface area contributed by atoms with Crippen LogP contribution in [0.15, 0.2) is 41.2 Å². The smallest absolute Gasteiger partial charge is 0.359 e. The van der Waals surface area contributed by atoms with Gasteiger partial charge < -0.3 is 14.4 Å². The first-order valence-corrected chi connectivity index (χ1v) is 9.07. The molecule has 8 nitrogen and oxygen atoms in total. The van der Waals surface area contributed by atoms with Crippen molar-refractivity contribution in [1.82, 2.24) is 14.7 Å². The number of rotatable bonds is 9. The van der Waals surface area contributed by atoms with E-state index in [9.17, 15) is 14.4 Å². The molecule has 150 valence electrons. The molecule has 0 atom stereocenters. The van der Waals surface area contributed by atoms with Gasteiger partial charge in [-0.25, -0.2) is 9.48 Å². The number of methoxy groups -OCH3 is 1. The fraction of sp³-hybridized carbons (Fsp3) is 0.400. The number of nitrogens with zero attached hydrogens (tertiary/aromatic N) is 3. The van der Waals surface area contributed by atoms with Gasteiger partial charge in [-0.15, -0.1) is 0 Å². The molecule has 0 bridgehead atoms. The van der Waals surface area contributed by atoms with E-state index in [4.69, 9.17) is 9.47 Å². The number of aryl methyl sites for hydroxylation is 1. The first kappa shape index (κ1) is 21.1. The number of benzene rings is 1. The summed E-state index contributed by atoms with van der Waals surface area (Å²) in [6.45, 7) is 2.33. The van der Waals surface area contributed by atoms with Crippen molar-refractivity contribution >= 4 is 11.9 Å². The number of esters is 1. The van der Waals surface area contributed by atoms with Crippen LogP contribution in [-0.4, -0.2) is 47.3 Å². The Labute approximate surface area is 163 Å². The number of ether oxygens (including phenoxy) is 2. The maximum absolute atomic E-state index is 12.3. The molecule has 0 saturated heterocycles. The molecule has 1 heterocycles. The maximum Gasteiger partial charge on any atom is 0.359 e. The highest BCUT2D eigenvalue weighted by molar-refractivity contribution is 5.89. The summed E-state index contributed by atoms with van der Waals surface area (Å²) >= 11 is 0. The van der Waals surface area contributed by atoms with E-state index >= 15 is 0 Å². The summed E-state index contributed by atoms with van der Waals surface area (Å²) in [5.74, 6) is -0.430. The van der Waals surface area contributed by atoms with Crippen LogP contribution in [0.5, 0.6) is 5.75 Å². The van der Waals surface area contributed by atoms with Crippen molar-refractivity contribution in [3.8, 4) is 5.75 Å². The highest BCUT2D eigenvalue weighted by Gasteiger charge is 2.16. The number of para-hydroxylation sites is 1. The number of aromatic nitrogens is 2. The van der Waals surface area contributed by atoms with E-state index < -0.39 is 12.6 Å². The summed E-state index contributed by atoms with van der Waals surface area (Å²) < 4.78 is 11.6. The van der Waals surface area contributed by atoms with Gasteiger partial charge in [-0.2, -0.15) is 5.10 Å². The lowest BCUT2D eigenvalue weighted by atomic mass is 10.2. The predicted octanol–water partition coefficient (Wildman–Crippen LogP) is 1.87. The lowest BCUT2D eigenvalue weighted by Crippen LogP contribution is -2.31. The van der Waals surface area contributed by atoms with Gasteiger partial charge in [0.2, 0.25) is 0 Å². The van der Waals surface area contributed by atoms with Crippen LogP contribution in [0.1, 0.15) is 35.8 Å². The van der Waals surface area contributed by atoms with Crippen molar-refractivity contribution in [2.75, 3.05) is 20.8 Å². The van der Waals surface area contributed by atoms with E-state index in [0.29, 0.717) is 18.8 Å². The minimum atomic E-state index is -0.746. The van der Waals surface area contributed by atoms with Gasteiger partial charge in [-0.05, 0) is 18.6 Å². The molecule has 0 fully saturated rings. The number of hydrogen-bond donors (Lipinski definition) is 0. The Hall–Kier alpha value is -3.16. The van der Waals surface area contributed by atoms with E-state index in [1.165, 1.54) is 21.7 Å². The van der Waals surface area contributed by atoms with Gasteiger partial charge in [-0.1, -0.05) is 31.5 Å². The van der Waals surface area contributed by atoms with E-state index in [1.807, 2.05) is 31.2 Å². The average molecular weight is 387 g/mol. The summed E-state index contributed by atoms with van der Waals surface area (Å²) in [7, 11) is 3.18. The van der Waals surface area contributed by atoms with Crippen molar-refractivity contribution in [3.63, 3.8) is 0 Å². The number of unbranched alkanes of at least 4 members (excludes halogenated alkanes) is 1. The zero-order valence-corrected chi connectivity index (χ0v) is 16.4. The summed E-state index contributed by atoms with van der Waals surface area (Å²) in [5, 5.41) is 4.01. The van der Waals surface area contributed by atoms with Crippen molar-refractivity contribution in [2.24, 2.45) is 0 Å². The molecule has 0 aliphatic carbocycles. The van der Waals surface area contributed by atoms with Crippen molar-refractivity contribution in [1.29, 1.82) is 0 Å². The number of carbonyl (C=O) groups is 2. The SMILES string of the molecule is CCCCn1nc(C(=O)OCC(=O)N(C)Cc2ccccc2OC)ccc1=O. The molecule has 2 rings (SSSR count). The Morgan fingerprint density at radius 3 is 2.64 bits per heavy atom. The Balaban J connectivity index is 1.94. The highest BCUT2D eigenvalue weighted by Crippen LogP contribution is 2.18. The van der Waals surface area contributed by atoms with Gasteiger partial charge in [0.15, 0.2) is 12.3 Å². The Kier molecular flexibility index (Phi) is 7.74. The van der Waals surface area contributed by atoms with Gasteiger partial charge in [0.05, 0.1) is 7.11 Å². The quantitative estimate of drug-likeness (QED) is 0.610. The zero-order chi connectivity index (χ0) is 20.5. The van der Waals surface area contributed by atoms with Gasteiger partial charge >= 0.3 is 5.97 Å². The zero-order valence-electron chi connectivity index (χ0n) is 16.4. The van der Waals surface area contributed by atoms with Gasteiger partial charge in [0, 0.05) is 31.8 Å². The molecule has 0 N–H and O–H groups in total. The van der Waals surface area contributed by atoms with E-state index in [2.05, 4.69) is 5.10 Å². The summed E-state index contributed by atoms with van der Waals surface area (Å²) in [5.41, 5.74) is 0.561. The summed E-state index contributed by atoms with van der Waals surface area (Å²) in [4.78, 5) is 37.7. The fourth-order valence-electron chi connectivity index (χ4n) is 2.51. The molecule has 2 aromatic rings. The number of amides is 1. The molecule has 8 heteroatoms. The van der Waals surface area contributed by atoms with E-state index in [1.54, 1.807) is 14.2 Å². The maximum atomic E-state index is 12.3. The first-order chi connectivity index (χ1) is 13.5. The fourth-order valence-corrected chi connectivity index (χ4v) is 2.51. The van der Waals surface area contributed by atoms with Crippen LogP contribution in [0.25, 0.3) is 0 Å². The molecule has 1 amide bonds. The standard InChI is InChI=1S/C20H25N3O5/c1-4-5-12-23-18(24)11-10-16(21-23)20(26)28-14-19(25)22(2)13-15-8-6-7-9-17(15)27-3/h6-11H,4-5,12-14H2,1-3H3. The lowest BCUT2D eigenvalue weighted by molar-refractivity contribution is -0.133. The Bertz CT molecular complexity index is 878. The molecule has 28 heavy (non-hydrogen) atoms. The third-order valence-corrected chi connectivity index (χ3v) is 4.15. The van der Waals surface area contributed by atoms with Gasteiger partial charge in [0.1, 0.15) is 5.75 Å². The molecule has 0 aliphatic heterocycles. The van der Waals surface area contributed by atoms with Crippen LogP contribution in [0.4, 0.5) is 0 Å². The third-order valence-electron chi connectivity index (χ3n) is 4.15. The summed E-state index contributed by atoms with van der Waals surface area (Å²) in [6.07, 6.45) is 1.67. The molecule has 0 unspecified atom stereocenters. The molecule has 0 aliphatic rings. The van der Waals surface area contributed by atoms with E-state index in [0.717, 1.165) is 18.4 Å². The minimum Gasteiger partial charge on any atom is -0.496 e. The molecular weight excluding hydrogens is 362 g/mol. The number of carbonyl (C=O) groups excluding carboxylic acids is 2. The Morgan fingerprint density at radius 1 is 1.18 bits per heavy atom. The molecule has 0 spiro atoms. The van der Waals surface area contributed by atoms with Gasteiger partial charge in [0.25, 0.3) is 11.5 Å². The summed E-state index contributed by atoms with van der Waals surface area (Å²) in [6, 6.07) is 9.95. The van der Waals surface area contributed by atoms with Crippen LogP contribution in [-0.2, 0) is 22.6 Å². The number of likely N-dealkylation sites (N-methyl/N-ethyl adjacent to an activating group) is 1. The molecule has 0 radical (unpaired) electrons. The molecule has 1 aromatic heterocycles. The average Bonchev–Trinajstić information content (AvgIpc) is 2.71. The number of hydrogen-bond acceptors (Lipinski definition) is 6. The molecule has 1 aromatic carbocycles. The van der Waals surface area contributed by atoms with E-state index in [-0.39, 0.29) is 17.2 Å². The largest absolute Gasteiger partial charge is 0.496 e. The van der Waals surface area contributed by atoms with Crippen LogP contribution >= 0.6 is 0 Å². The van der Waals surface area contributed by atoms with Crippen molar-refractivity contribution in [2.45, 2.75) is 32.9 Å². The molecular formula is C20H25N3O5. The first-order valence-electron chi connectivity index (χ1n) is 9.07. The predicted molar refractivity (Wildman–Crippen MR) is 103 cm³/mol. The monoisotopic (exact) mass is 387 g/mol. The second kappa shape index (κ2) is 10.2. The second-order valence-corrected chi connectivity index (χ2v) is 6.27. The lowest BCUT2D eigenvalue weighted by Gasteiger charge is -2.18. The van der Waals surface area contributed by atoms with Crippen LogP contribution < -0.4 is 10.3 Å². The second-order valence-electron chi connectivity index (χ2n) is 6.27. The topological polar surface area (TPSA) is 90.7 Å². The highest BCUT2D eigenvalue weighted by atomic mass is 16.5. The van der Waals surface area contributed by atoms with Crippen LogP contribution in [0, 0.1) is 0 Å². The van der Waals surface area contributed by atoms with Crippen molar-refractivity contribution < 1.29 is 19.1 Å². The van der Waals surface area contributed by atoms with Crippen molar-refractivity contribution in [3.05, 3.63) is 58.0 Å². The Morgan fingerprint density at radius 2 is 1.93 bits per heavy atom. The molecule has 0 saturated carbocycles. The van der Waals surface area contributed by atoms with Crippen LogP contribution in [0.2, 0.25) is 0 Å². The van der Waals surface area contributed by atoms with Crippen LogP contribution in [0.3, 0.4) is 0 Å². The van der Waals surface area contributed by atoms with Gasteiger partial charge in [-0.3, -0.25) is 9.59 Å². The minimum absolute atomic E-state index is 0.00381.